The van der Waals surface area contributed by atoms with Gasteiger partial charge in [0, 0.05) is 26.4 Å². The molecule has 1 fully saturated rings. The fourth-order valence-corrected chi connectivity index (χ4v) is 5.34. The molecule has 31 heavy (non-hydrogen) atoms. The summed E-state index contributed by atoms with van der Waals surface area (Å²) >= 11 is 0. The Morgan fingerprint density at radius 1 is 0.903 bits per heavy atom. The zero-order valence-corrected chi connectivity index (χ0v) is 18.8. The molecule has 1 saturated heterocycles. The number of likely N-dealkylation sites (N-methyl/N-ethyl adjacent to an activating group) is 1. The summed E-state index contributed by atoms with van der Waals surface area (Å²) in [5, 5.41) is 2.35. The summed E-state index contributed by atoms with van der Waals surface area (Å²) in [6.07, 6.45) is 1.50. The van der Waals surface area contributed by atoms with Gasteiger partial charge >= 0.3 is 0 Å². The minimum atomic E-state index is -3.88. The standard InChI is InChI=1S/C20H23N3O6S2/c1-21(31(28,29)16-9-4-3-5-10-16)15-19(24)22-13-8-14-23(22)20(25)17-11-6-7-12-18(17)30(2,26)27/h3-7,9-12H,8,13-15H2,1-2H3. The van der Waals surface area contributed by atoms with E-state index < -0.39 is 38.2 Å². The van der Waals surface area contributed by atoms with Crippen LogP contribution in [0.5, 0.6) is 0 Å². The van der Waals surface area contributed by atoms with Crippen molar-refractivity contribution in [2.75, 3.05) is 32.9 Å². The largest absolute Gasteiger partial charge is 0.273 e. The molecule has 2 amide bonds. The van der Waals surface area contributed by atoms with Gasteiger partial charge in [0.15, 0.2) is 9.84 Å². The summed E-state index contributed by atoms with van der Waals surface area (Å²) in [7, 11) is -6.24. The van der Waals surface area contributed by atoms with Crippen molar-refractivity contribution in [3.63, 3.8) is 0 Å². The number of carbonyl (C=O) groups is 2. The molecule has 9 nitrogen and oxygen atoms in total. The fourth-order valence-electron chi connectivity index (χ4n) is 3.32. The molecule has 2 aromatic carbocycles. The maximum atomic E-state index is 13.1. The minimum absolute atomic E-state index is 0.0324. The van der Waals surface area contributed by atoms with Gasteiger partial charge in [-0.3, -0.25) is 14.6 Å². The number of hydrogen-bond donors (Lipinski definition) is 0. The number of sulfone groups is 1. The number of sulfonamides is 1. The molecular weight excluding hydrogens is 442 g/mol. The molecule has 1 aliphatic heterocycles. The monoisotopic (exact) mass is 465 g/mol. The summed E-state index contributed by atoms with van der Waals surface area (Å²) in [5.74, 6) is -1.20. The molecule has 3 rings (SSSR count). The van der Waals surface area contributed by atoms with Gasteiger partial charge in [0.1, 0.15) is 0 Å². The first-order valence-electron chi connectivity index (χ1n) is 9.46. The van der Waals surface area contributed by atoms with Gasteiger partial charge in [-0.15, -0.1) is 0 Å². The first-order chi connectivity index (χ1) is 14.5. The third kappa shape index (κ3) is 4.78. The van der Waals surface area contributed by atoms with Crippen LogP contribution in [0, 0.1) is 0 Å². The highest BCUT2D eigenvalue weighted by Gasteiger charge is 2.35. The Hall–Kier alpha value is -2.76. The minimum Gasteiger partial charge on any atom is -0.271 e. The summed E-state index contributed by atoms with van der Waals surface area (Å²) in [6, 6.07) is 13.5. The lowest BCUT2D eigenvalue weighted by atomic mass is 10.2. The molecule has 1 aliphatic rings. The van der Waals surface area contributed by atoms with E-state index in [1.807, 2.05) is 0 Å². The van der Waals surface area contributed by atoms with Crippen LogP contribution in [0.1, 0.15) is 16.8 Å². The van der Waals surface area contributed by atoms with Gasteiger partial charge in [0.05, 0.1) is 21.9 Å². The molecule has 0 aromatic heterocycles. The Bertz CT molecular complexity index is 1200. The van der Waals surface area contributed by atoms with Crippen molar-refractivity contribution in [1.29, 1.82) is 0 Å². The van der Waals surface area contributed by atoms with Crippen molar-refractivity contribution in [2.45, 2.75) is 16.2 Å². The lowest BCUT2D eigenvalue weighted by Gasteiger charge is -2.29. The molecule has 2 aromatic rings. The van der Waals surface area contributed by atoms with Crippen LogP contribution in [0.3, 0.4) is 0 Å². The molecule has 0 atom stereocenters. The molecule has 0 N–H and O–H groups in total. The van der Waals surface area contributed by atoms with Crippen molar-refractivity contribution >= 4 is 31.7 Å². The van der Waals surface area contributed by atoms with Gasteiger partial charge in [0.25, 0.3) is 11.8 Å². The summed E-state index contributed by atoms with van der Waals surface area (Å²) < 4.78 is 50.4. The van der Waals surface area contributed by atoms with Crippen LogP contribution < -0.4 is 0 Å². The van der Waals surface area contributed by atoms with Gasteiger partial charge in [-0.1, -0.05) is 30.3 Å². The SMILES string of the molecule is CN(CC(=O)N1CCCN1C(=O)c1ccccc1S(C)(=O)=O)S(=O)(=O)c1ccccc1. The average Bonchev–Trinajstić information content (AvgIpc) is 3.23. The number of hydrogen-bond acceptors (Lipinski definition) is 6. The van der Waals surface area contributed by atoms with Crippen LogP contribution in [0.15, 0.2) is 64.4 Å². The molecular formula is C20H23N3O6S2. The first-order valence-corrected chi connectivity index (χ1v) is 12.8. The summed E-state index contributed by atoms with van der Waals surface area (Å²) in [4.78, 5) is 25.9. The maximum Gasteiger partial charge on any atom is 0.273 e. The molecule has 0 saturated carbocycles. The highest BCUT2D eigenvalue weighted by molar-refractivity contribution is 7.90. The van der Waals surface area contributed by atoms with Gasteiger partial charge in [-0.2, -0.15) is 4.31 Å². The van der Waals surface area contributed by atoms with E-state index in [-0.39, 0.29) is 28.4 Å². The Balaban J connectivity index is 1.81. The molecule has 0 aliphatic carbocycles. The summed E-state index contributed by atoms with van der Waals surface area (Å²) in [6.45, 7) is -0.0165. The predicted molar refractivity (Wildman–Crippen MR) is 113 cm³/mol. The number of hydrazine groups is 1. The van der Waals surface area contributed by atoms with Crippen LogP contribution in [-0.2, 0) is 24.7 Å². The number of amides is 2. The van der Waals surface area contributed by atoms with E-state index in [1.54, 1.807) is 24.3 Å². The topological polar surface area (TPSA) is 112 Å². The van der Waals surface area contributed by atoms with Gasteiger partial charge in [-0.05, 0) is 30.7 Å². The van der Waals surface area contributed by atoms with Crippen LogP contribution >= 0.6 is 0 Å². The number of rotatable bonds is 6. The van der Waals surface area contributed by atoms with Crippen molar-refractivity contribution in [1.82, 2.24) is 14.3 Å². The van der Waals surface area contributed by atoms with Crippen LogP contribution in [0.4, 0.5) is 0 Å². The van der Waals surface area contributed by atoms with Gasteiger partial charge in [0.2, 0.25) is 10.0 Å². The lowest BCUT2D eigenvalue weighted by molar-refractivity contribution is -0.140. The second kappa shape index (κ2) is 8.77. The molecule has 0 bridgehead atoms. The second-order valence-corrected chi connectivity index (χ2v) is 11.2. The van der Waals surface area contributed by atoms with Crippen molar-refractivity contribution in [3.8, 4) is 0 Å². The average molecular weight is 466 g/mol. The summed E-state index contributed by atoms with van der Waals surface area (Å²) in [5.41, 5.74) is -0.0324. The highest BCUT2D eigenvalue weighted by atomic mass is 32.2. The Labute approximate surface area is 181 Å². The van der Waals surface area contributed by atoms with Crippen molar-refractivity contribution < 1.29 is 26.4 Å². The second-order valence-electron chi connectivity index (χ2n) is 7.14. The molecule has 11 heteroatoms. The zero-order chi connectivity index (χ0) is 22.8. The number of nitrogens with zero attached hydrogens (tertiary/aromatic N) is 3. The molecule has 0 unspecified atom stereocenters. The van der Waals surface area contributed by atoms with E-state index >= 15 is 0 Å². The lowest BCUT2D eigenvalue weighted by Crippen LogP contribution is -2.49. The van der Waals surface area contributed by atoms with Crippen molar-refractivity contribution in [3.05, 3.63) is 60.2 Å². The van der Waals surface area contributed by atoms with E-state index in [4.69, 9.17) is 0 Å². The smallest absolute Gasteiger partial charge is 0.271 e. The van der Waals surface area contributed by atoms with Gasteiger partial charge in [-0.25, -0.2) is 21.8 Å². The zero-order valence-electron chi connectivity index (χ0n) is 17.1. The van der Waals surface area contributed by atoms with E-state index in [0.29, 0.717) is 6.42 Å². The Kier molecular flexibility index (Phi) is 6.48. The van der Waals surface area contributed by atoms with E-state index in [1.165, 1.54) is 47.4 Å². The molecule has 1 heterocycles. The van der Waals surface area contributed by atoms with E-state index in [0.717, 1.165) is 10.6 Å². The molecule has 166 valence electrons. The van der Waals surface area contributed by atoms with Crippen LogP contribution in [0.25, 0.3) is 0 Å². The third-order valence-electron chi connectivity index (χ3n) is 4.88. The Morgan fingerprint density at radius 3 is 2.13 bits per heavy atom. The Morgan fingerprint density at radius 2 is 1.48 bits per heavy atom. The van der Waals surface area contributed by atoms with Crippen molar-refractivity contribution in [2.24, 2.45) is 0 Å². The van der Waals surface area contributed by atoms with Gasteiger partial charge < -0.3 is 0 Å². The highest BCUT2D eigenvalue weighted by Crippen LogP contribution is 2.22. The first kappa shape index (κ1) is 22.9. The third-order valence-corrected chi connectivity index (χ3v) is 7.85. The maximum absolute atomic E-state index is 13.1. The molecule has 0 spiro atoms. The number of benzene rings is 2. The fraction of sp³-hybridized carbons (Fsp3) is 0.300. The van der Waals surface area contributed by atoms with E-state index in [9.17, 15) is 26.4 Å². The predicted octanol–water partition coefficient (Wildman–Crippen LogP) is 1.00. The van der Waals surface area contributed by atoms with E-state index in [2.05, 4.69) is 0 Å². The normalized spacial score (nSPS) is 14.8. The quantitative estimate of drug-likeness (QED) is 0.629. The van der Waals surface area contributed by atoms with Crippen LogP contribution in [0.2, 0.25) is 0 Å². The molecule has 0 radical (unpaired) electrons. The number of carbonyl (C=O) groups excluding carboxylic acids is 2. The van der Waals surface area contributed by atoms with Crippen LogP contribution in [-0.4, -0.2) is 75.9 Å².